The highest BCUT2D eigenvalue weighted by Crippen LogP contribution is 2.24. The quantitative estimate of drug-likeness (QED) is 0.348. The lowest BCUT2D eigenvalue weighted by atomic mass is 10.3. The average Bonchev–Trinajstić information content (AvgIpc) is 2.48. The summed E-state index contributed by atoms with van der Waals surface area (Å²) in [6, 6.07) is 0. The van der Waals surface area contributed by atoms with Crippen LogP contribution in [0.15, 0.2) is 0 Å². The third-order valence-corrected chi connectivity index (χ3v) is 1.60. The molecule has 0 saturated carbocycles. The molecule has 44 valence electrons. The van der Waals surface area contributed by atoms with Crippen molar-refractivity contribution in [2.24, 2.45) is 0 Å². The van der Waals surface area contributed by atoms with Gasteiger partial charge in [-0.15, -0.1) is 6.42 Å². The third kappa shape index (κ3) is 1.24. The van der Waals surface area contributed by atoms with Crippen LogP contribution in [0.4, 0.5) is 0 Å². The molecule has 1 fully saturated rings. The Morgan fingerprint density at radius 2 is 2.50 bits per heavy atom. The van der Waals surface area contributed by atoms with E-state index in [2.05, 4.69) is 21.9 Å². The molecule has 0 spiro atoms. The van der Waals surface area contributed by atoms with E-state index in [1.54, 1.807) is 0 Å². The maximum atomic E-state index is 5.06. The molecule has 0 bridgehead atoms. The predicted molar refractivity (Wildman–Crippen MR) is 35.9 cm³/mol. The zero-order valence-corrected chi connectivity index (χ0v) is 6.02. The van der Waals surface area contributed by atoms with Gasteiger partial charge in [0.25, 0.3) is 0 Å². The van der Waals surface area contributed by atoms with Crippen LogP contribution in [0.3, 0.4) is 0 Å². The van der Waals surface area contributed by atoms with Crippen molar-refractivity contribution in [3.63, 3.8) is 0 Å². The van der Waals surface area contributed by atoms with Gasteiger partial charge in [0.05, 0.1) is 6.10 Å². The minimum absolute atomic E-state index is 0.118. The topological polar surface area (TPSA) is 12.5 Å². The van der Waals surface area contributed by atoms with Gasteiger partial charge in [-0.2, -0.15) is 0 Å². The molecule has 0 aromatic heterocycles. The lowest BCUT2D eigenvalue weighted by Crippen LogP contribution is -1.89. The van der Waals surface area contributed by atoms with Gasteiger partial charge < -0.3 is 4.74 Å². The summed E-state index contributed by atoms with van der Waals surface area (Å²) in [6.07, 6.45) is 6.57. The Morgan fingerprint density at radius 3 is 2.88 bits per heavy atom. The molecule has 1 aliphatic heterocycles. The van der Waals surface area contributed by atoms with Gasteiger partial charge >= 0.3 is 0 Å². The smallest absolute Gasteiger partial charge is 0.144 e. The Balaban J connectivity index is 2.10. The summed E-state index contributed by atoms with van der Waals surface area (Å²) in [5.74, 6) is 2.53. The van der Waals surface area contributed by atoms with Crippen LogP contribution < -0.4 is 0 Å². The molecule has 8 heavy (non-hydrogen) atoms. The highest BCUT2D eigenvalue weighted by atomic mass is 79.9. The van der Waals surface area contributed by atoms with Crippen molar-refractivity contribution in [2.45, 2.75) is 18.6 Å². The summed E-state index contributed by atoms with van der Waals surface area (Å²) in [4.78, 5) is 0. The van der Waals surface area contributed by atoms with Crippen molar-refractivity contribution in [3.8, 4) is 12.3 Å². The second-order valence-corrected chi connectivity index (χ2v) is 2.53. The van der Waals surface area contributed by atoms with E-state index in [4.69, 9.17) is 11.2 Å². The molecule has 2 atom stereocenters. The van der Waals surface area contributed by atoms with Crippen molar-refractivity contribution in [1.29, 1.82) is 0 Å². The molecule has 0 N–H and O–H groups in total. The molecule has 0 aromatic carbocycles. The number of terminal acetylenes is 1. The van der Waals surface area contributed by atoms with Crippen LogP contribution in [0.2, 0.25) is 0 Å². The van der Waals surface area contributed by atoms with Gasteiger partial charge in [0.1, 0.15) is 6.10 Å². The Bertz CT molecular complexity index is 116. The van der Waals surface area contributed by atoms with Crippen LogP contribution in [-0.2, 0) is 4.74 Å². The predicted octanol–water partition coefficient (Wildman–Crippen LogP) is 1.17. The third-order valence-electron chi connectivity index (χ3n) is 1.14. The van der Waals surface area contributed by atoms with E-state index in [0.29, 0.717) is 6.10 Å². The first kappa shape index (κ1) is 6.12. The SMILES string of the molecule is C#CC1OC1CCBr. The Kier molecular flexibility index (Phi) is 1.93. The Morgan fingerprint density at radius 1 is 1.75 bits per heavy atom. The van der Waals surface area contributed by atoms with E-state index < -0.39 is 0 Å². The van der Waals surface area contributed by atoms with Gasteiger partial charge in [-0.25, -0.2) is 0 Å². The highest BCUT2D eigenvalue weighted by Gasteiger charge is 2.35. The van der Waals surface area contributed by atoms with Gasteiger partial charge in [-0.3, -0.25) is 0 Å². The molecule has 2 unspecified atom stereocenters. The summed E-state index contributed by atoms with van der Waals surface area (Å²) in [6.45, 7) is 0. The van der Waals surface area contributed by atoms with E-state index in [9.17, 15) is 0 Å². The number of ether oxygens (including phenoxy) is 1. The maximum Gasteiger partial charge on any atom is 0.144 e. The van der Waals surface area contributed by atoms with Gasteiger partial charge in [0.2, 0.25) is 0 Å². The number of halogens is 1. The van der Waals surface area contributed by atoms with Crippen LogP contribution in [-0.4, -0.2) is 17.5 Å². The zero-order valence-electron chi connectivity index (χ0n) is 4.43. The minimum atomic E-state index is 0.118. The van der Waals surface area contributed by atoms with Crippen LogP contribution >= 0.6 is 15.9 Å². The van der Waals surface area contributed by atoms with Crippen LogP contribution in [0.1, 0.15) is 6.42 Å². The molecule has 2 heteroatoms. The summed E-state index contributed by atoms with van der Waals surface area (Å²) < 4.78 is 5.04. The van der Waals surface area contributed by atoms with E-state index in [0.717, 1.165) is 11.8 Å². The van der Waals surface area contributed by atoms with Gasteiger partial charge in [0, 0.05) is 5.33 Å². The maximum absolute atomic E-state index is 5.06. The van der Waals surface area contributed by atoms with Crippen LogP contribution in [0, 0.1) is 12.3 Å². The van der Waals surface area contributed by atoms with E-state index in [1.807, 2.05) is 0 Å². The zero-order chi connectivity index (χ0) is 5.98. The molecule has 0 aliphatic carbocycles. The van der Waals surface area contributed by atoms with Gasteiger partial charge in [-0.05, 0) is 6.42 Å². The molecule has 1 heterocycles. The summed E-state index contributed by atoms with van der Waals surface area (Å²) in [5, 5.41) is 0.982. The molecule has 0 aromatic rings. The van der Waals surface area contributed by atoms with Gasteiger partial charge in [0.15, 0.2) is 0 Å². The minimum Gasteiger partial charge on any atom is -0.356 e. The van der Waals surface area contributed by atoms with E-state index in [-0.39, 0.29) is 6.10 Å². The van der Waals surface area contributed by atoms with Crippen LogP contribution in [0.25, 0.3) is 0 Å². The Hall–Kier alpha value is 0. The fraction of sp³-hybridized carbons (Fsp3) is 0.667. The fourth-order valence-corrected chi connectivity index (χ4v) is 1.07. The number of hydrogen-bond donors (Lipinski definition) is 0. The fourth-order valence-electron chi connectivity index (χ4n) is 0.617. The molecule has 0 radical (unpaired) electrons. The number of hydrogen-bond acceptors (Lipinski definition) is 1. The van der Waals surface area contributed by atoms with E-state index >= 15 is 0 Å². The van der Waals surface area contributed by atoms with Gasteiger partial charge in [-0.1, -0.05) is 21.9 Å². The summed E-state index contributed by atoms with van der Waals surface area (Å²) >= 11 is 3.30. The average molecular weight is 175 g/mol. The lowest BCUT2D eigenvalue weighted by Gasteiger charge is -1.80. The molecule has 1 saturated heterocycles. The first-order valence-electron chi connectivity index (χ1n) is 2.56. The summed E-state index contributed by atoms with van der Waals surface area (Å²) in [5.41, 5.74) is 0. The molecular formula is C6H7BrO. The largest absolute Gasteiger partial charge is 0.356 e. The number of alkyl halides is 1. The van der Waals surface area contributed by atoms with Crippen molar-refractivity contribution in [3.05, 3.63) is 0 Å². The van der Waals surface area contributed by atoms with Crippen molar-refractivity contribution >= 4 is 15.9 Å². The second-order valence-electron chi connectivity index (χ2n) is 1.74. The molecule has 1 aliphatic rings. The van der Waals surface area contributed by atoms with Crippen molar-refractivity contribution in [2.75, 3.05) is 5.33 Å². The van der Waals surface area contributed by atoms with Crippen LogP contribution in [0.5, 0.6) is 0 Å². The van der Waals surface area contributed by atoms with Crippen molar-refractivity contribution < 1.29 is 4.74 Å². The number of epoxide rings is 1. The highest BCUT2D eigenvalue weighted by molar-refractivity contribution is 9.09. The monoisotopic (exact) mass is 174 g/mol. The first-order chi connectivity index (χ1) is 3.88. The molecule has 1 nitrogen and oxygen atoms in total. The van der Waals surface area contributed by atoms with E-state index in [1.165, 1.54) is 0 Å². The number of rotatable bonds is 2. The summed E-state index contributed by atoms with van der Waals surface area (Å²) in [7, 11) is 0. The molecule has 1 rings (SSSR count). The molecule has 0 amide bonds. The Labute approximate surface area is 57.5 Å². The lowest BCUT2D eigenvalue weighted by molar-refractivity contribution is 0.389. The second kappa shape index (κ2) is 2.52. The molecular weight excluding hydrogens is 168 g/mol. The first-order valence-corrected chi connectivity index (χ1v) is 3.68. The van der Waals surface area contributed by atoms with Crippen molar-refractivity contribution in [1.82, 2.24) is 0 Å². The standard InChI is InChI=1S/C6H7BrO/c1-2-5-6(8-5)3-4-7/h1,5-6H,3-4H2. The normalized spacial score (nSPS) is 34.0.